The van der Waals surface area contributed by atoms with Crippen molar-refractivity contribution in [1.82, 2.24) is 24.8 Å². The van der Waals surface area contributed by atoms with E-state index >= 15 is 4.39 Å². The molecule has 3 aromatic heterocycles. The molecule has 0 aliphatic carbocycles. The van der Waals surface area contributed by atoms with E-state index < -0.39 is 0 Å². The second-order valence-electron chi connectivity index (χ2n) is 10.2. The molecule has 2 atom stereocenters. The summed E-state index contributed by atoms with van der Waals surface area (Å²) < 4.78 is 16.8. The normalized spacial score (nSPS) is 17.4. The van der Waals surface area contributed by atoms with Crippen LogP contribution in [0.5, 0.6) is 0 Å². The molecule has 0 unspecified atom stereocenters. The Bertz CT molecular complexity index is 1730. The molecule has 1 aliphatic heterocycles. The molecule has 0 amide bonds. The second kappa shape index (κ2) is 10.8. The number of benzene rings is 2. The van der Waals surface area contributed by atoms with Crippen molar-refractivity contribution in [2.45, 2.75) is 39.4 Å². The van der Waals surface area contributed by atoms with Crippen LogP contribution in [-0.2, 0) is 6.54 Å². The van der Waals surface area contributed by atoms with Gasteiger partial charge in [-0.15, -0.1) is 11.3 Å². The van der Waals surface area contributed by atoms with E-state index in [9.17, 15) is 4.79 Å². The molecule has 8 nitrogen and oxygen atoms in total. The summed E-state index contributed by atoms with van der Waals surface area (Å²) in [5, 5.41) is 7.33. The van der Waals surface area contributed by atoms with Crippen LogP contribution in [0.15, 0.2) is 71.2 Å². The first-order valence-corrected chi connectivity index (χ1v) is 14.3. The number of thiazole rings is 1. The molecular formula is C30H30FN7OS. The van der Waals surface area contributed by atoms with Crippen molar-refractivity contribution < 1.29 is 4.39 Å². The number of fused-ring (bicyclic) bond motifs is 1. The molecule has 1 saturated heterocycles. The summed E-state index contributed by atoms with van der Waals surface area (Å²) in [5.41, 5.74) is 5.66. The van der Waals surface area contributed by atoms with Gasteiger partial charge in [-0.25, -0.2) is 9.37 Å². The van der Waals surface area contributed by atoms with Gasteiger partial charge < -0.3 is 15.5 Å². The van der Waals surface area contributed by atoms with Crippen molar-refractivity contribution in [1.29, 1.82) is 0 Å². The fourth-order valence-electron chi connectivity index (χ4n) is 5.48. The van der Waals surface area contributed by atoms with Gasteiger partial charge in [0.1, 0.15) is 11.5 Å². The van der Waals surface area contributed by atoms with Crippen LogP contribution in [0.4, 0.5) is 21.7 Å². The number of hydrogen-bond donors (Lipinski definition) is 2. The van der Waals surface area contributed by atoms with Crippen LogP contribution in [0.2, 0.25) is 0 Å². The Labute approximate surface area is 235 Å². The van der Waals surface area contributed by atoms with Crippen molar-refractivity contribution in [3.05, 3.63) is 82.6 Å². The molecular weight excluding hydrogens is 525 g/mol. The zero-order valence-corrected chi connectivity index (χ0v) is 23.4. The van der Waals surface area contributed by atoms with E-state index in [1.165, 1.54) is 17.4 Å². The van der Waals surface area contributed by atoms with Gasteiger partial charge in [0, 0.05) is 66.3 Å². The van der Waals surface area contributed by atoms with E-state index in [-0.39, 0.29) is 23.5 Å². The first kappa shape index (κ1) is 26.1. The summed E-state index contributed by atoms with van der Waals surface area (Å²) in [6.45, 7) is 8.05. The van der Waals surface area contributed by atoms with E-state index in [1.54, 1.807) is 22.3 Å². The largest absolute Gasteiger partial charge is 0.366 e. The second-order valence-corrected chi connectivity index (χ2v) is 11.0. The summed E-state index contributed by atoms with van der Waals surface area (Å²) in [6, 6.07) is 15.3. The Hall–Kier alpha value is -4.15. The Kier molecular flexibility index (Phi) is 7.03. The third-order valence-corrected chi connectivity index (χ3v) is 7.97. The quantitative estimate of drug-likeness (QED) is 0.279. The first-order valence-electron chi connectivity index (χ1n) is 13.4. The van der Waals surface area contributed by atoms with Crippen molar-refractivity contribution in [3.8, 4) is 21.6 Å². The number of pyridine rings is 1. The number of aromatic nitrogens is 4. The van der Waals surface area contributed by atoms with Crippen LogP contribution in [0.1, 0.15) is 20.8 Å². The number of nitrogens with one attached hydrogen (secondary N) is 2. The molecule has 10 heteroatoms. The lowest BCUT2D eigenvalue weighted by atomic mass is 9.99. The highest BCUT2D eigenvalue weighted by Gasteiger charge is 2.23. The van der Waals surface area contributed by atoms with Gasteiger partial charge >= 0.3 is 0 Å². The van der Waals surface area contributed by atoms with E-state index in [4.69, 9.17) is 0 Å². The van der Waals surface area contributed by atoms with E-state index in [2.05, 4.69) is 44.3 Å². The monoisotopic (exact) mass is 555 g/mol. The minimum absolute atomic E-state index is 0.133. The van der Waals surface area contributed by atoms with E-state index in [1.807, 2.05) is 49.5 Å². The Morgan fingerprint density at radius 3 is 2.52 bits per heavy atom. The summed E-state index contributed by atoms with van der Waals surface area (Å²) in [4.78, 5) is 30.1. The predicted octanol–water partition coefficient (Wildman–Crippen LogP) is 5.67. The number of hydrogen-bond acceptors (Lipinski definition) is 8. The average Bonchev–Trinajstić information content (AvgIpc) is 3.47. The zero-order valence-electron chi connectivity index (χ0n) is 22.6. The number of nitrogens with zero attached hydrogens (tertiary/aromatic N) is 5. The molecule has 5 aromatic rings. The third kappa shape index (κ3) is 4.96. The summed E-state index contributed by atoms with van der Waals surface area (Å²) in [7, 11) is 0. The molecule has 1 fully saturated rings. The highest BCUT2D eigenvalue weighted by atomic mass is 32.1. The van der Waals surface area contributed by atoms with Crippen LogP contribution in [0, 0.1) is 5.82 Å². The van der Waals surface area contributed by atoms with Crippen LogP contribution in [0.25, 0.3) is 32.6 Å². The maximum absolute atomic E-state index is 15.2. The topological polar surface area (TPSA) is 88.0 Å². The molecule has 6 rings (SSSR count). The lowest BCUT2D eigenvalue weighted by Gasteiger charge is -2.37. The number of halogens is 1. The number of aryl methyl sites for hydroxylation is 1. The smallest absolute Gasteiger partial charge is 0.260 e. The van der Waals surface area contributed by atoms with Gasteiger partial charge in [-0.1, -0.05) is 24.3 Å². The number of piperazine rings is 1. The highest BCUT2D eigenvalue weighted by molar-refractivity contribution is 7.13. The lowest BCUT2D eigenvalue weighted by Crippen LogP contribution is -2.54. The van der Waals surface area contributed by atoms with Gasteiger partial charge in [-0.05, 0) is 50.6 Å². The molecule has 0 radical (unpaired) electrons. The van der Waals surface area contributed by atoms with Crippen LogP contribution >= 0.6 is 11.3 Å². The Morgan fingerprint density at radius 2 is 1.82 bits per heavy atom. The zero-order chi connectivity index (χ0) is 27.8. The van der Waals surface area contributed by atoms with Gasteiger partial charge in [0.15, 0.2) is 0 Å². The Morgan fingerprint density at radius 1 is 1.05 bits per heavy atom. The molecule has 2 aromatic carbocycles. The van der Waals surface area contributed by atoms with Crippen molar-refractivity contribution >= 4 is 39.7 Å². The Balaban J connectivity index is 1.33. The van der Waals surface area contributed by atoms with E-state index in [0.29, 0.717) is 35.1 Å². The fraction of sp³-hybridized carbons (Fsp3) is 0.267. The molecule has 40 heavy (non-hydrogen) atoms. The van der Waals surface area contributed by atoms with Crippen LogP contribution in [-0.4, -0.2) is 44.7 Å². The molecule has 0 spiro atoms. The molecule has 4 heterocycles. The van der Waals surface area contributed by atoms with Crippen molar-refractivity contribution in [3.63, 3.8) is 0 Å². The van der Waals surface area contributed by atoms with Gasteiger partial charge in [0.2, 0.25) is 5.95 Å². The van der Waals surface area contributed by atoms with Gasteiger partial charge in [0.25, 0.3) is 5.56 Å². The van der Waals surface area contributed by atoms with Crippen LogP contribution < -0.4 is 21.1 Å². The van der Waals surface area contributed by atoms with Crippen molar-refractivity contribution in [2.75, 3.05) is 23.3 Å². The molecule has 2 N–H and O–H groups in total. The van der Waals surface area contributed by atoms with Gasteiger partial charge in [0.05, 0.1) is 16.1 Å². The SMILES string of the molecule is CCn1c(=O)c(-c2ccccc2-c2cncs2)cc2cnc(Nc3ccc(N4C[C@@H](C)N[C@@H](C)C4)c(F)c3)nc21. The maximum Gasteiger partial charge on any atom is 0.260 e. The number of rotatable bonds is 6. The molecule has 0 bridgehead atoms. The predicted molar refractivity (Wildman–Crippen MR) is 160 cm³/mol. The van der Waals surface area contributed by atoms with Crippen LogP contribution in [0.3, 0.4) is 0 Å². The van der Waals surface area contributed by atoms with Crippen molar-refractivity contribution in [2.24, 2.45) is 0 Å². The minimum Gasteiger partial charge on any atom is -0.366 e. The minimum atomic E-state index is -0.304. The molecule has 0 saturated carbocycles. The highest BCUT2D eigenvalue weighted by Crippen LogP contribution is 2.33. The fourth-order valence-corrected chi connectivity index (χ4v) is 6.14. The standard InChI is InChI=1S/C30H30FN7OS/c1-4-38-28-20(11-24(29(38)39)22-7-5-6-8-23(22)27-14-32-17-40-27)13-33-30(36-28)35-21-9-10-26(25(31)12-21)37-15-18(2)34-19(3)16-37/h5-14,17-19,34H,4,15-16H2,1-3H3,(H,33,35,36)/t18-,19+. The number of anilines is 3. The molecule has 204 valence electrons. The summed E-state index contributed by atoms with van der Waals surface area (Å²) in [6.07, 6.45) is 3.51. The van der Waals surface area contributed by atoms with E-state index in [0.717, 1.165) is 34.5 Å². The maximum atomic E-state index is 15.2. The average molecular weight is 556 g/mol. The summed E-state index contributed by atoms with van der Waals surface area (Å²) in [5.74, 6) is -0.00900. The third-order valence-electron chi connectivity index (χ3n) is 7.16. The first-order chi connectivity index (χ1) is 19.4. The van der Waals surface area contributed by atoms with Gasteiger partial charge in [-0.3, -0.25) is 14.3 Å². The lowest BCUT2D eigenvalue weighted by molar-refractivity contribution is 0.404. The molecule has 1 aliphatic rings. The summed E-state index contributed by atoms with van der Waals surface area (Å²) >= 11 is 1.53. The van der Waals surface area contributed by atoms with Gasteiger partial charge in [-0.2, -0.15) is 4.98 Å².